The zero-order valence-electron chi connectivity index (χ0n) is 9.87. The fourth-order valence-electron chi connectivity index (χ4n) is 2.47. The maximum Gasteiger partial charge on any atom is 0.0629 e. The predicted octanol–water partition coefficient (Wildman–Crippen LogP) is 3.34. The molecule has 0 aliphatic carbocycles. The maximum absolute atomic E-state index is 6.04. The van der Waals surface area contributed by atoms with Crippen LogP contribution in [0, 0.1) is 23.7 Å². The van der Waals surface area contributed by atoms with Crippen LogP contribution in [-0.4, -0.2) is 12.2 Å². The Hall–Kier alpha value is -0.0400. The zero-order chi connectivity index (χ0) is 10.2. The summed E-state index contributed by atoms with van der Waals surface area (Å²) in [6.45, 7) is 13.7. The largest absolute Gasteiger partial charge is 0.374 e. The molecule has 5 atom stereocenters. The highest BCUT2D eigenvalue weighted by molar-refractivity contribution is 4.85. The van der Waals surface area contributed by atoms with Gasteiger partial charge in [-0.1, -0.05) is 34.6 Å². The third-order valence-corrected chi connectivity index (χ3v) is 3.95. The fraction of sp³-hybridized carbons (Fsp3) is 1.00. The number of hydrogen-bond acceptors (Lipinski definition) is 1. The van der Waals surface area contributed by atoms with E-state index in [1.807, 2.05) is 0 Å². The Balaban J connectivity index is 2.70. The lowest BCUT2D eigenvalue weighted by Gasteiger charge is -2.44. The summed E-state index contributed by atoms with van der Waals surface area (Å²) in [6.07, 6.45) is 0.889. The number of hydrogen-bond donors (Lipinski definition) is 0. The first-order valence-electron chi connectivity index (χ1n) is 5.60. The number of rotatable bonds is 1. The van der Waals surface area contributed by atoms with E-state index in [1.165, 1.54) is 0 Å². The Kier molecular flexibility index (Phi) is 3.39. The Morgan fingerprint density at radius 1 is 0.846 bits per heavy atom. The molecule has 0 radical (unpaired) electrons. The third-order valence-electron chi connectivity index (χ3n) is 3.95. The van der Waals surface area contributed by atoms with Gasteiger partial charge in [0.1, 0.15) is 0 Å². The monoisotopic (exact) mass is 184 g/mol. The average Bonchev–Trinajstić information content (AvgIpc) is 2.07. The van der Waals surface area contributed by atoms with E-state index in [9.17, 15) is 0 Å². The van der Waals surface area contributed by atoms with Gasteiger partial charge in [0.25, 0.3) is 0 Å². The van der Waals surface area contributed by atoms with Crippen LogP contribution >= 0.6 is 0 Å². The van der Waals surface area contributed by atoms with E-state index >= 15 is 0 Å². The summed E-state index contributed by atoms with van der Waals surface area (Å²) in [5, 5.41) is 0. The zero-order valence-corrected chi connectivity index (χ0v) is 9.87. The van der Waals surface area contributed by atoms with Gasteiger partial charge >= 0.3 is 0 Å². The minimum absolute atomic E-state index is 0.429. The molecule has 1 heteroatoms. The third kappa shape index (κ3) is 2.07. The van der Waals surface area contributed by atoms with Crippen molar-refractivity contribution in [2.75, 3.05) is 0 Å². The van der Waals surface area contributed by atoms with Gasteiger partial charge in [-0.05, 0) is 30.6 Å². The highest BCUT2D eigenvalue weighted by Crippen LogP contribution is 2.37. The summed E-state index contributed by atoms with van der Waals surface area (Å²) in [5.41, 5.74) is 0. The molecule has 1 heterocycles. The molecular weight excluding hydrogens is 160 g/mol. The quantitative estimate of drug-likeness (QED) is 0.607. The SMILES string of the molecule is CC(C)[C@H]1O[C@H](C)[C@@H](C)[C@@H](C)[C@@H]1C. The van der Waals surface area contributed by atoms with Crippen LogP contribution < -0.4 is 0 Å². The van der Waals surface area contributed by atoms with Crippen molar-refractivity contribution in [3.8, 4) is 0 Å². The van der Waals surface area contributed by atoms with E-state index in [4.69, 9.17) is 4.74 Å². The molecule has 1 fully saturated rings. The van der Waals surface area contributed by atoms with Gasteiger partial charge in [0.05, 0.1) is 12.2 Å². The summed E-state index contributed by atoms with van der Waals surface area (Å²) in [7, 11) is 0. The van der Waals surface area contributed by atoms with Crippen molar-refractivity contribution in [2.45, 2.75) is 53.8 Å². The summed E-state index contributed by atoms with van der Waals surface area (Å²) in [4.78, 5) is 0. The highest BCUT2D eigenvalue weighted by atomic mass is 16.5. The molecule has 0 aromatic heterocycles. The second-order valence-electron chi connectivity index (χ2n) is 5.13. The smallest absolute Gasteiger partial charge is 0.0629 e. The maximum atomic E-state index is 6.04. The van der Waals surface area contributed by atoms with Gasteiger partial charge < -0.3 is 4.74 Å². The average molecular weight is 184 g/mol. The van der Waals surface area contributed by atoms with Crippen molar-refractivity contribution in [3.05, 3.63) is 0 Å². The lowest BCUT2D eigenvalue weighted by molar-refractivity contribution is -0.141. The van der Waals surface area contributed by atoms with Crippen LogP contribution in [0.25, 0.3) is 0 Å². The molecule has 1 aliphatic heterocycles. The van der Waals surface area contributed by atoms with E-state index in [0.29, 0.717) is 30.0 Å². The highest BCUT2D eigenvalue weighted by Gasteiger charge is 2.37. The molecule has 0 aromatic carbocycles. The molecule has 1 nitrogen and oxygen atoms in total. The van der Waals surface area contributed by atoms with Gasteiger partial charge in [-0.3, -0.25) is 0 Å². The minimum atomic E-state index is 0.429. The van der Waals surface area contributed by atoms with Crippen LogP contribution in [0.15, 0.2) is 0 Å². The van der Waals surface area contributed by atoms with E-state index in [1.54, 1.807) is 0 Å². The summed E-state index contributed by atoms with van der Waals surface area (Å²) < 4.78 is 6.04. The van der Waals surface area contributed by atoms with Crippen LogP contribution in [0.2, 0.25) is 0 Å². The van der Waals surface area contributed by atoms with Crippen molar-refractivity contribution in [1.82, 2.24) is 0 Å². The normalized spacial score (nSPS) is 46.8. The topological polar surface area (TPSA) is 9.23 Å². The molecule has 0 saturated carbocycles. The first-order chi connectivity index (χ1) is 5.95. The van der Waals surface area contributed by atoms with Gasteiger partial charge in [-0.25, -0.2) is 0 Å². The van der Waals surface area contributed by atoms with Gasteiger partial charge in [0, 0.05) is 0 Å². The molecule has 0 unspecified atom stereocenters. The molecule has 0 spiro atoms. The molecule has 0 bridgehead atoms. The number of ether oxygens (including phenoxy) is 1. The van der Waals surface area contributed by atoms with Crippen molar-refractivity contribution in [1.29, 1.82) is 0 Å². The van der Waals surface area contributed by atoms with Crippen LogP contribution in [0.3, 0.4) is 0 Å². The molecule has 13 heavy (non-hydrogen) atoms. The summed E-state index contributed by atoms with van der Waals surface area (Å²) in [5.74, 6) is 2.83. The van der Waals surface area contributed by atoms with E-state index in [2.05, 4.69) is 41.5 Å². The van der Waals surface area contributed by atoms with Crippen molar-refractivity contribution < 1.29 is 4.74 Å². The Labute approximate surface area is 82.9 Å². The van der Waals surface area contributed by atoms with Gasteiger partial charge in [0.15, 0.2) is 0 Å². The standard InChI is InChI=1S/C12H24O/c1-7(2)12-10(5)8(3)9(4)11(6)13-12/h7-12H,1-6H3/t8-,9+,10+,11-,12-/m1/s1. The van der Waals surface area contributed by atoms with Crippen LogP contribution in [0.4, 0.5) is 0 Å². The van der Waals surface area contributed by atoms with Crippen LogP contribution in [-0.2, 0) is 4.74 Å². The molecule has 78 valence electrons. The lowest BCUT2D eigenvalue weighted by Crippen LogP contribution is -2.45. The summed E-state index contributed by atoms with van der Waals surface area (Å²) in [6, 6.07) is 0. The van der Waals surface area contributed by atoms with Gasteiger partial charge in [0.2, 0.25) is 0 Å². The lowest BCUT2D eigenvalue weighted by atomic mass is 9.74. The fourth-order valence-corrected chi connectivity index (χ4v) is 2.47. The molecule has 0 N–H and O–H groups in total. The predicted molar refractivity (Wildman–Crippen MR) is 56.7 cm³/mol. The van der Waals surface area contributed by atoms with Crippen molar-refractivity contribution in [3.63, 3.8) is 0 Å². The minimum Gasteiger partial charge on any atom is -0.374 e. The van der Waals surface area contributed by atoms with E-state index in [0.717, 1.165) is 5.92 Å². The second-order valence-corrected chi connectivity index (χ2v) is 5.13. The summed E-state index contributed by atoms with van der Waals surface area (Å²) >= 11 is 0. The Morgan fingerprint density at radius 2 is 1.38 bits per heavy atom. The van der Waals surface area contributed by atoms with Crippen LogP contribution in [0.1, 0.15) is 41.5 Å². The molecule has 0 amide bonds. The molecular formula is C12H24O. The first kappa shape index (κ1) is 11.0. The molecule has 1 rings (SSSR count). The first-order valence-corrected chi connectivity index (χ1v) is 5.60. The Morgan fingerprint density at radius 3 is 1.85 bits per heavy atom. The molecule has 1 saturated heterocycles. The molecule has 0 aromatic rings. The van der Waals surface area contributed by atoms with Crippen molar-refractivity contribution in [2.24, 2.45) is 23.7 Å². The second kappa shape index (κ2) is 4.00. The van der Waals surface area contributed by atoms with Crippen LogP contribution in [0.5, 0.6) is 0 Å². The van der Waals surface area contributed by atoms with Gasteiger partial charge in [-0.2, -0.15) is 0 Å². The van der Waals surface area contributed by atoms with Gasteiger partial charge in [-0.15, -0.1) is 0 Å². The van der Waals surface area contributed by atoms with Crippen molar-refractivity contribution >= 4 is 0 Å². The van der Waals surface area contributed by atoms with E-state index in [-0.39, 0.29) is 0 Å². The van der Waals surface area contributed by atoms with E-state index < -0.39 is 0 Å². The Bertz CT molecular complexity index is 165. The molecule has 1 aliphatic rings.